The molecule has 1 fully saturated rings. The molecule has 2 aromatic rings. The molecule has 1 saturated heterocycles. The Labute approximate surface area is 192 Å². The van der Waals surface area contributed by atoms with E-state index in [1.165, 1.54) is 42.5 Å². The van der Waals surface area contributed by atoms with Crippen LogP contribution >= 0.6 is 0 Å². The van der Waals surface area contributed by atoms with Crippen LogP contribution in [0.4, 0.5) is 8.78 Å². The first-order chi connectivity index (χ1) is 15.8. The van der Waals surface area contributed by atoms with Gasteiger partial charge in [-0.15, -0.1) is 0 Å². The van der Waals surface area contributed by atoms with E-state index >= 15 is 0 Å². The van der Waals surface area contributed by atoms with Crippen LogP contribution in [0.5, 0.6) is 0 Å². The summed E-state index contributed by atoms with van der Waals surface area (Å²) in [5.74, 6) is -2.22. The molecule has 176 valence electrons. The molecule has 1 heterocycles. The van der Waals surface area contributed by atoms with Crippen LogP contribution in [-0.4, -0.2) is 59.7 Å². The molecule has 2 aromatic carbocycles. The minimum atomic E-state index is -0.770. The molecule has 8 heteroatoms. The van der Waals surface area contributed by atoms with Crippen molar-refractivity contribution in [1.29, 1.82) is 0 Å². The zero-order chi connectivity index (χ0) is 24.0. The number of piperidine rings is 1. The van der Waals surface area contributed by atoms with Gasteiger partial charge in [-0.25, -0.2) is 8.78 Å². The Bertz CT molecular complexity index is 985. The Hall–Kier alpha value is -3.29. The molecule has 0 unspecified atom stereocenters. The maximum atomic E-state index is 14.0. The van der Waals surface area contributed by atoms with Gasteiger partial charge in [-0.2, -0.15) is 0 Å². The van der Waals surface area contributed by atoms with Crippen molar-refractivity contribution in [1.82, 2.24) is 15.1 Å². The summed E-state index contributed by atoms with van der Waals surface area (Å²) in [7, 11) is 0. The Morgan fingerprint density at radius 2 is 1.61 bits per heavy atom. The van der Waals surface area contributed by atoms with E-state index in [1.807, 2.05) is 13.8 Å². The third-order valence-corrected chi connectivity index (χ3v) is 6.14. The molecular formula is C25H29F2N3O3. The molecule has 1 aliphatic rings. The topological polar surface area (TPSA) is 69.7 Å². The van der Waals surface area contributed by atoms with Crippen LogP contribution in [0.2, 0.25) is 0 Å². The van der Waals surface area contributed by atoms with E-state index in [0.29, 0.717) is 39.0 Å². The molecule has 3 amide bonds. The number of rotatable bonds is 7. The number of carbonyl (C=O) groups is 3. The maximum absolute atomic E-state index is 14.0. The fourth-order valence-electron chi connectivity index (χ4n) is 4.18. The molecule has 0 aromatic heterocycles. The summed E-state index contributed by atoms with van der Waals surface area (Å²) in [6.45, 7) is 5.45. The predicted octanol–water partition coefficient (Wildman–Crippen LogP) is 3.48. The number of hydrogen-bond donors (Lipinski definition) is 1. The second-order valence-corrected chi connectivity index (χ2v) is 8.08. The highest BCUT2D eigenvalue weighted by molar-refractivity contribution is 5.97. The van der Waals surface area contributed by atoms with E-state index in [1.54, 1.807) is 15.9 Å². The van der Waals surface area contributed by atoms with Gasteiger partial charge in [-0.05, 0) is 69.0 Å². The third kappa shape index (κ3) is 5.74. The first-order valence-electron chi connectivity index (χ1n) is 11.2. The van der Waals surface area contributed by atoms with Crippen LogP contribution in [0, 0.1) is 17.6 Å². The third-order valence-electron chi connectivity index (χ3n) is 6.14. The lowest BCUT2D eigenvalue weighted by Gasteiger charge is -2.37. The van der Waals surface area contributed by atoms with Gasteiger partial charge in [0.2, 0.25) is 5.91 Å². The summed E-state index contributed by atoms with van der Waals surface area (Å²) in [4.78, 5) is 42.0. The van der Waals surface area contributed by atoms with Crippen LogP contribution in [0.15, 0.2) is 48.5 Å². The van der Waals surface area contributed by atoms with Gasteiger partial charge in [-0.3, -0.25) is 14.4 Å². The van der Waals surface area contributed by atoms with Crippen LogP contribution < -0.4 is 5.32 Å². The first kappa shape index (κ1) is 24.4. The summed E-state index contributed by atoms with van der Waals surface area (Å²) >= 11 is 0. The molecule has 0 bridgehead atoms. The quantitative estimate of drug-likeness (QED) is 0.692. The van der Waals surface area contributed by atoms with Crippen LogP contribution in [-0.2, 0) is 4.79 Å². The summed E-state index contributed by atoms with van der Waals surface area (Å²) in [6, 6.07) is 10.2. The van der Waals surface area contributed by atoms with Crippen molar-refractivity contribution >= 4 is 17.7 Å². The van der Waals surface area contributed by atoms with Crippen molar-refractivity contribution < 1.29 is 23.2 Å². The van der Waals surface area contributed by atoms with Crippen molar-refractivity contribution in [3.05, 3.63) is 71.3 Å². The van der Waals surface area contributed by atoms with E-state index in [0.717, 1.165) is 0 Å². The number of nitrogens with zero attached hydrogens (tertiary/aromatic N) is 2. The summed E-state index contributed by atoms with van der Waals surface area (Å²) < 4.78 is 27.3. The summed E-state index contributed by atoms with van der Waals surface area (Å²) in [5.41, 5.74) is 0.289. The van der Waals surface area contributed by atoms with Gasteiger partial charge < -0.3 is 15.1 Å². The van der Waals surface area contributed by atoms with Crippen molar-refractivity contribution in [2.75, 3.05) is 26.2 Å². The molecule has 0 aliphatic carbocycles. The number of likely N-dealkylation sites (tertiary alicyclic amines) is 1. The van der Waals surface area contributed by atoms with Crippen LogP contribution in [0.25, 0.3) is 0 Å². The molecule has 33 heavy (non-hydrogen) atoms. The molecule has 0 radical (unpaired) electrons. The minimum absolute atomic E-state index is 0.0244. The van der Waals surface area contributed by atoms with E-state index in [2.05, 4.69) is 5.32 Å². The second kappa shape index (κ2) is 11.0. The highest BCUT2D eigenvalue weighted by Crippen LogP contribution is 2.24. The highest BCUT2D eigenvalue weighted by Gasteiger charge is 2.36. The number of likely N-dealkylation sites (N-methyl/N-ethyl adjacent to an activating group) is 1. The largest absolute Gasteiger partial charge is 0.341 e. The van der Waals surface area contributed by atoms with Gasteiger partial charge in [-0.1, -0.05) is 12.1 Å². The maximum Gasteiger partial charge on any atom is 0.256 e. The second-order valence-electron chi connectivity index (χ2n) is 8.08. The molecule has 6 nitrogen and oxygen atoms in total. The Balaban J connectivity index is 1.73. The molecule has 0 saturated carbocycles. The number of carbonyl (C=O) groups excluding carboxylic acids is 3. The van der Waals surface area contributed by atoms with Crippen LogP contribution in [0.3, 0.4) is 0 Å². The average molecular weight is 458 g/mol. The van der Waals surface area contributed by atoms with Crippen molar-refractivity contribution in [3.8, 4) is 0 Å². The molecule has 1 aliphatic heterocycles. The normalized spacial score (nSPS) is 15.1. The Morgan fingerprint density at radius 3 is 2.18 bits per heavy atom. The fraction of sp³-hybridized carbons (Fsp3) is 0.400. The Morgan fingerprint density at radius 1 is 1.00 bits per heavy atom. The highest BCUT2D eigenvalue weighted by atomic mass is 19.1. The summed E-state index contributed by atoms with van der Waals surface area (Å²) in [5, 5.41) is 2.84. The smallest absolute Gasteiger partial charge is 0.256 e. The molecule has 1 atom stereocenters. The molecular weight excluding hydrogens is 428 g/mol. The summed E-state index contributed by atoms with van der Waals surface area (Å²) in [6.07, 6.45) is 0.975. The van der Waals surface area contributed by atoms with Gasteiger partial charge in [0.15, 0.2) is 0 Å². The van der Waals surface area contributed by atoms with Gasteiger partial charge in [0, 0.05) is 31.7 Å². The van der Waals surface area contributed by atoms with Crippen molar-refractivity contribution in [2.45, 2.75) is 32.7 Å². The number of benzene rings is 2. The monoisotopic (exact) mass is 457 g/mol. The number of amides is 3. The predicted molar refractivity (Wildman–Crippen MR) is 121 cm³/mol. The SMILES string of the molecule is CCN(CC)C(=O)[C@@H](NC(=O)c1ccc(F)cc1)C1CCN(C(=O)c2ccccc2F)CC1. The van der Waals surface area contributed by atoms with Crippen LogP contribution in [0.1, 0.15) is 47.4 Å². The Kier molecular flexibility index (Phi) is 8.14. The number of nitrogens with one attached hydrogen (secondary N) is 1. The fourth-order valence-corrected chi connectivity index (χ4v) is 4.18. The lowest BCUT2D eigenvalue weighted by Crippen LogP contribution is -2.54. The first-order valence-corrected chi connectivity index (χ1v) is 11.2. The zero-order valence-corrected chi connectivity index (χ0v) is 18.9. The lowest BCUT2D eigenvalue weighted by atomic mass is 9.87. The van der Waals surface area contributed by atoms with Gasteiger partial charge >= 0.3 is 0 Å². The number of hydrogen-bond acceptors (Lipinski definition) is 3. The van der Waals surface area contributed by atoms with Gasteiger partial charge in [0.1, 0.15) is 17.7 Å². The van der Waals surface area contributed by atoms with E-state index in [-0.39, 0.29) is 28.9 Å². The van der Waals surface area contributed by atoms with E-state index < -0.39 is 23.6 Å². The molecule has 3 rings (SSSR count). The average Bonchev–Trinajstić information content (AvgIpc) is 2.83. The lowest BCUT2D eigenvalue weighted by molar-refractivity contribution is -0.134. The van der Waals surface area contributed by atoms with E-state index in [4.69, 9.17) is 0 Å². The number of halogens is 2. The molecule has 0 spiro atoms. The zero-order valence-electron chi connectivity index (χ0n) is 18.9. The molecule has 1 N–H and O–H groups in total. The van der Waals surface area contributed by atoms with Crippen molar-refractivity contribution in [2.24, 2.45) is 5.92 Å². The standard InChI is InChI=1S/C25H29F2N3O3/c1-3-29(4-2)25(33)22(28-23(31)18-9-11-19(26)12-10-18)17-13-15-30(16-14-17)24(32)20-7-5-6-8-21(20)27/h5-12,17,22H,3-4,13-16H2,1-2H3,(H,28,31)/t22-/m0/s1. The van der Waals surface area contributed by atoms with E-state index in [9.17, 15) is 23.2 Å². The minimum Gasteiger partial charge on any atom is -0.341 e. The van der Waals surface area contributed by atoms with Gasteiger partial charge in [0.05, 0.1) is 5.56 Å². The van der Waals surface area contributed by atoms with Gasteiger partial charge in [0.25, 0.3) is 11.8 Å². The van der Waals surface area contributed by atoms with Crippen molar-refractivity contribution in [3.63, 3.8) is 0 Å².